The molecule has 1 atom stereocenters. The van der Waals surface area contributed by atoms with Crippen LogP contribution in [0.5, 0.6) is 0 Å². The number of halogens is 1. The Kier molecular flexibility index (Phi) is 6.06. The van der Waals surface area contributed by atoms with Crippen LogP contribution in [0.25, 0.3) is 0 Å². The molecule has 0 radical (unpaired) electrons. The zero-order chi connectivity index (χ0) is 11.1. The molecule has 0 bridgehead atoms. The Hall–Kier alpha value is -0.250. The number of piperidine rings is 1. The van der Waals surface area contributed by atoms with Crippen LogP contribution in [-0.2, 0) is 0 Å². The largest absolute Gasteiger partial charge is 0.465 e. The molecule has 88 valence electrons. The quantitative estimate of drug-likeness (QED) is 0.619. The molecule has 1 N–H and O–H groups in total. The molecule has 0 aliphatic carbocycles. The second-order valence-electron chi connectivity index (χ2n) is 4.28. The number of unbranched alkanes of at least 4 members (excludes halogenated alkanes) is 2. The first-order valence-electron chi connectivity index (χ1n) is 5.78. The molecule has 3 nitrogen and oxygen atoms in total. The minimum Gasteiger partial charge on any atom is -0.465 e. The Morgan fingerprint density at radius 3 is 2.87 bits per heavy atom. The second kappa shape index (κ2) is 7.09. The van der Waals surface area contributed by atoms with Gasteiger partial charge in [-0.2, -0.15) is 0 Å². The number of carboxylic acid groups (broad SMARTS) is 1. The van der Waals surface area contributed by atoms with Crippen LogP contribution in [0.4, 0.5) is 4.79 Å². The SMILES string of the molecule is O=C(O)N1CCCC(CCCCCBr)C1. The third kappa shape index (κ3) is 4.87. The number of hydrogen-bond donors (Lipinski definition) is 1. The van der Waals surface area contributed by atoms with Gasteiger partial charge in [-0.25, -0.2) is 4.79 Å². The zero-order valence-electron chi connectivity index (χ0n) is 9.12. The first-order valence-corrected chi connectivity index (χ1v) is 6.90. The number of rotatable bonds is 5. The van der Waals surface area contributed by atoms with Gasteiger partial charge in [0.05, 0.1) is 0 Å². The fourth-order valence-corrected chi connectivity index (χ4v) is 2.58. The van der Waals surface area contributed by atoms with Gasteiger partial charge in [0.15, 0.2) is 0 Å². The van der Waals surface area contributed by atoms with Crippen molar-refractivity contribution in [2.45, 2.75) is 38.5 Å². The Labute approximate surface area is 100.0 Å². The summed E-state index contributed by atoms with van der Waals surface area (Å²) in [5.41, 5.74) is 0. The lowest BCUT2D eigenvalue weighted by atomic mass is 9.93. The van der Waals surface area contributed by atoms with Gasteiger partial charge in [-0.3, -0.25) is 0 Å². The lowest BCUT2D eigenvalue weighted by molar-refractivity contribution is 0.118. The Morgan fingerprint density at radius 2 is 2.20 bits per heavy atom. The van der Waals surface area contributed by atoms with Gasteiger partial charge in [0.1, 0.15) is 0 Å². The maximum atomic E-state index is 10.8. The molecule has 1 fully saturated rings. The summed E-state index contributed by atoms with van der Waals surface area (Å²) in [6, 6.07) is 0. The van der Waals surface area contributed by atoms with Crippen LogP contribution in [0, 0.1) is 5.92 Å². The van der Waals surface area contributed by atoms with Crippen molar-refractivity contribution in [2.24, 2.45) is 5.92 Å². The molecule has 0 aromatic carbocycles. The molecule has 1 rings (SSSR count). The average molecular weight is 278 g/mol. The Morgan fingerprint density at radius 1 is 1.40 bits per heavy atom. The number of amides is 1. The molecule has 1 unspecified atom stereocenters. The van der Waals surface area contributed by atoms with Gasteiger partial charge >= 0.3 is 6.09 Å². The minimum absolute atomic E-state index is 0.602. The highest BCUT2D eigenvalue weighted by Gasteiger charge is 2.22. The van der Waals surface area contributed by atoms with Crippen LogP contribution in [0.3, 0.4) is 0 Å². The molecule has 1 amide bonds. The van der Waals surface area contributed by atoms with E-state index >= 15 is 0 Å². The van der Waals surface area contributed by atoms with E-state index in [9.17, 15) is 4.79 Å². The van der Waals surface area contributed by atoms with Gasteiger partial charge in [0.25, 0.3) is 0 Å². The summed E-state index contributed by atoms with van der Waals surface area (Å²) in [5, 5.41) is 9.97. The first-order chi connectivity index (χ1) is 7.24. The standard InChI is InChI=1S/C11H20BrNO2/c12-7-3-1-2-5-10-6-4-8-13(9-10)11(14)15/h10H,1-9H2,(H,14,15). The van der Waals surface area contributed by atoms with Crippen molar-refractivity contribution in [1.29, 1.82) is 0 Å². The predicted octanol–water partition coefficient (Wildman–Crippen LogP) is 3.33. The van der Waals surface area contributed by atoms with Crippen LogP contribution in [0.1, 0.15) is 38.5 Å². The molecule has 0 saturated carbocycles. The molecule has 0 aromatic heterocycles. The highest BCUT2D eigenvalue weighted by molar-refractivity contribution is 9.09. The van der Waals surface area contributed by atoms with Crippen molar-refractivity contribution in [1.82, 2.24) is 4.90 Å². The normalized spacial score (nSPS) is 21.7. The van der Waals surface area contributed by atoms with Crippen LogP contribution in [-0.4, -0.2) is 34.5 Å². The van der Waals surface area contributed by atoms with E-state index in [2.05, 4.69) is 15.9 Å². The Bertz CT molecular complexity index is 199. The number of likely N-dealkylation sites (tertiary alicyclic amines) is 1. The van der Waals surface area contributed by atoms with Crippen LogP contribution >= 0.6 is 15.9 Å². The zero-order valence-corrected chi connectivity index (χ0v) is 10.7. The smallest absolute Gasteiger partial charge is 0.407 e. The van der Waals surface area contributed by atoms with Gasteiger partial charge in [-0.15, -0.1) is 0 Å². The summed E-state index contributed by atoms with van der Waals surface area (Å²) < 4.78 is 0. The number of hydrogen-bond acceptors (Lipinski definition) is 1. The summed E-state index contributed by atoms with van der Waals surface area (Å²) >= 11 is 3.42. The van der Waals surface area contributed by atoms with E-state index in [0.717, 1.165) is 24.8 Å². The molecular formula is C11H20BrNO2. The molecule has 0 spiro atoms. The molecule has 1 saturated heterocycles. The maximum absolute atomic E-state index is 10.8. The van der Waals surface area contributed by atoms with Crippen molar-refractivity contribution in [3.8, 4) is 0 Å². The highest BCUT2D eigenvalue weighted by atomic mass is 79.9. The summed E-state index contributed by atoms with van der Waals surface area (Å²) in [6.45, 7) is 1.48. The van der Waals surface area contributed by atoms with Gasteiger partial charge in [-0.1, -0.05) is 28.8 Å². The van der Waals surface area contributed by atoms with Gasteiger partial charge in [0.2, 0.25) is 0 Å². The van der Waals surface area contributed by atoms with E-state index < -0.39 is 6.09 Å². The fourth-order valence-electron chi connectivity index (χ4n) is 2.18. The van der Waals surface area contributed by atoms with Crippen molar-refractivity contribution in [3.63, 3.8) is 0 Å². The lowest BCUT2D eigenvalue weighted by Crippen LogP contribution is -2.38. The molecule has 1 heterocycles. The van der Waals surface area contributed by atoms with Crippen LogP contribution in [0.2, 0.25) is 0 Å². The third-order valence-corrected chi connectivity index (χ3v) is 3.60. The number of nitrogens with zero attached hydrogens (tertiary/aromatic N) is 1. The first kappa shape index (κ1) is 12.8. The molecule has 1 aliphatic rings. The van der Waals surface area contributed by atoms with Crippen molar-refractivity contribution in [3.05, 3.63) is 0 Å². The molecule has 1 aliphatic heterocycles. The molecule has 15 heavy (non-hydrogen) atoms. The topological polar surface area (TPSA) is 40.5 Å². The molecular weight excluding hydrogens is 258 g/mol. The van der Waals surface area contributed by atoms with Crippen molar-refractivity contribution < 1.29 is 9.90 Å². The van der Waals surface area contributed by atoms with Gasteiger partial charge < -0.3 is 10.0 Å². The van der Waals surface area contributed by atoms with E-state index in [1.54, 1.807) is 4.90 Å². The summed E-state index contributed by atoms with van der Waals surface area (Å²) in [4.78, 5) is 12.4. The van der Waals surface area contributed by atoms with Crippen LogP contribution in [0.15, 0.2) is 0 Å². The molecule has 4 heteroatoms. The van der Waals surface area contributed by atoms with Gasteiger partial charge in [0, 0.05) is 18.4 Å². The fraction of sp³-hybridized carbons (Fsp3) is 0.909. The van der Waals surface area contributed by atoms with E-state index in [1.807, 2.05) is 0 Å². The number of alkyl halides is 1. The van der Waals surface area contributed by atoms with Gasteiger partial charge in [-0.05, 0) is 31.6 Å². The number of carbonyl (C=O) groups is 1. The molecule has 0 aromatic rings. The minimum atomic E-state index is -0.750. The Balaban J connectivity index is 2.15. The summed E-state index contributed by atoms with van der Waals surface area (Å²) in [6.07, 6.45) is 6.42. The summed E-state index contributed by atoms with van der Waals surface area (Å²) in [5.74, 6) is 0.602. The van der Waals surface area contributed by atoms with E-state index in [0.29, 0.717) is 5.92 Å². The second-order valence-corrected chi connectivity index (χ2v) is 5.07. The predicted molar refractivity (Wildman–Crippen MR) is 64.6 cm³/mol. The maximum Gasteiger partial charge on any atom is 0.407 e. The van der Waals surface area contributed by atoms with E-state index in [4.69, 9.17) is 5.11 Å². The average Bonchev–Trinajstić information content (AvgIpc) is 2.25. The van der Waals surface area contributed by atoms with E-state index in [-0.39, 0.29) is 0 Å². The highest BCUT2D eigenvalue weighted by Crippen LogP contribution is 2.22. The lowest BCUT2D eigenvalue weighted by Gasteiger charge is -2.30. The van der Waals surface area contributed by atoms with Crippen molar-refractivity contribution >= 4 is 22.0 Å². The van der Waals surface area contributed by atoms with Crippen LogP contribution < -0.4 is 0 Å². The van der Waals surface area contributed by atoms with E-state index in [1.165, 1.54) is 32.1 Å². The van der Waals surface area contributed by atoms with Crippen molar-refractivity contribution in [2.75, 3.05) is 18.4 Å². The monoisotopic (exact) mass is 277 g/mol. The third-order valence-electron chi connectivity index (χ3n) is 3.04. The summed E-state index contributed by atoms with van der Waals surface area (Å²) in [7, 11) is 0.